The minimum atomic E-state index is -4.43. The number of morpholine rings is 1. The highest BCUT2D eigenvalue weighted by Gasteiger charge is 2.32. The zero-order valence-corrected chi connectivity index (χ0v) is 14.5. The number of carbonyl (C=O) groups excluding carboxylic acids is 1. The van der Waals surface area contributed by atoms with Gasteiger partial charge in [-0.15, -0.1) is 12.4 Å². The fourth-order valence-electron chi connectivity index (χ4n) is 2.46. The standard InChI is InChI=1S/C17H21F3N2O2.ClH/c18-17(19,20)15-5-2-1-4-14(15)6-7-16(23)21-8-3-9-22-10-12-24-13-11-22;/h1-2,4-7H,3,8-13H2,(H,21,23);1H/b7-6+;. The van der Waals surface area contributed by atoms with E-state index < -0.39 is 17.6 Å². The van der Waals surface area contributed by atoms with E-state index in [0.29, 0.717) is 6.54 Å². The maximum Gasteiger partial charge on any atom is 0.416 e. The largest absolute Gasteiger partial charge is 0.416 e. The Hall–Kier alpha value is -1.57. The van der Waals surface area contributed by atoms with Crippen molar-refractivity contribution in [1.82, 2.24) is 10.2 Å². The van der Waals surface area contributed by atoms with E-state index >= 15 is 0 Å². The van der Waals surface area contributed by atoms with E-state index in [9.17, 15) is 18.0 Å². The molecule has 1 saturated heterocycles. The minimum Gasteiger partial charge on any atom is -0.379 e. The quantitative estimate of drug-likeness (QED) is 0.611. The summed E-state index contributed by atoms with van der Waals surface area (Å²) in [6.45, 7) is 4.59. The van der Waals surface area contributed by atoms with Crippen molar-refractivity contribution in [2.75, 3.05) is 39.4 Å². The van der Waals surface area contributed by atoms with Crippen LogP contribution >= 0.6 is 12.4 Å². The van der Waals surface area contributed by atoms with Crippen LogP contribution in [0.25, 0.3) is 6.08 Å². The predicted octanol–water partition coefficient (Wildman–Crippen LogP) is 2.98. The Balaban J connectivity index is 0.00000312. The van der Waals surface area contributed by atoms with Crippen LogP contribution < -0.4 is 5.32 Å². The molecule has 1 aromatic rings. The van der Waals surface area contributed by atoms with E-state index in [0.717, 1.165) is 51.4 Å². The molecule has 1 N–H and O–H groups in total. The van der Waals surface area contributed by atoms with Crippen LogP contribution in [-0.4, -0.2) is 50.2 Å². The third-order valence-electron chi connectivity index (χ3n) is 3.73. The van der Waals surface area contributed by atoms with E-state index in [1.807, 2.05) is 0 Å². The van der Waals surface area contributed by atoms with Gasteiger partial charge in [0.1, 0.15) is 0 Å². The number of halogens is 4. The fourth-order valence-corrected chi connectivity index (χ4v) is 2.46. The summed E-state index contributed by atoms with van der Waals surface area (Å²) in [4.78, 5) is 14.0. The van der Waals surface area contributed by atoms with Gasteiger partial charge in [0.25, 0.3) is 0 Å². The first kappa shape index (κ1) is 21.5. The number of rotatable bonds is 6. The number of hydrogen-bond donors (Lipinski definition) is 1. The molecular formula is C17H22ClF3N2O2. The minimum absolute atomic E-state index is 0. The average Bonchev–Trinajstić information content (AvgIpc) is 2.57. The van der Waals surface area contributed by atoms with Gasteiger partial charge in [-0.2, -0.15) is 13.2 Å². The van der Waals surface area contributed by atoms with Gasteiger partial charge in [0.05, 0.1) is 18.8 Å². The van der Waals surface area contributed by atoms with Gasteiger partial charge in [-0.1, -0.05) is 18.2 Å². The van der Waals surface area contributed by atoms with Crippen LogP contribution in [0.2, 0.25) is 0 Å². The summed E-state index contributed by atoms with van der Waals surface area (Å²) in [5.74, 6) is -0.394. The molecule has 1 aliphatic heterocycles. The van der Waals surface area contributed by atoms with Crippen LogP contribution in [0.1, 0.15) is 17.5 Å². The third kappa shape index (κ3) is 7.46. The number of hydrogen-bond acceptors (Lipinski definition) is 3. The zero-order valence-electron chi connectivity index (χ0n) is 13.7. The molecule has 1 heterocycles. The Morgan fingerprint density at radius 2 is 1.92 bits per heavy atom. The molecule has 1 amide bonds. The summed E-state index contributed by atoms with van der Waals surface area (Å²) < 4.78 is 43.8. The van der Waals surface area contributed by atoms with Crippen molar-refractivity contribution >= 4 is 24.4 Å². The Morgan fingerprint density at radius 1 is 1.24 bits per heavy atom. The molecule has 0 saturated carbocycles. The molecule has 8 heteroatoms. The smallest absolute Gasteiger partial charge is 0.379 e. The van der Waals surface area contributed by atoms with Crippen LogP contribution in [0.3, 0.4) is 0 Å². The van der Waals surface area contributed by atoms with Crippen LogP contribution in [0.5, 0.6) is 0 Å². The molecule has 2 rings (SSSR count). The number of nitrogens with zero attached hydrogens (tertiary/aromatic N) is 1. The fraction of sp³-hybridized carbons (Fsp3) is 0.471. The third-order valence-corrected chi connectivity index (χ3v) is 3.73. The van der Waals surface area contributed by atoms with Crippen molar-refractivity contribution in [2.24, 2.45) is 0 Å². The topological polar surface area (TPSA) is 41.6 Å². The van der Waals surface area contributed by atoms with Gasteiger partial charge >= 0.3 is 6.18 Å². The highest BCUT2D eigenvalue weighted by molar-refractivity contribution is 5.91. The van der Waals surface area contributed by atoms with Gasteiger partial charge in [0, 0.05) is 25.7 Å². The van der Waals surface area contributed by atoms with Gasteiger partial charge in [0.15, 0.2) is 0 Å². The summed E-state index contributed by atoms with van der Waals surface area (Å²) in [7, 11) is 0. The Labute approximate surface area is 151 Å². The molecule has 0 spiro atoms. The van der Waals surface area contributed by atoms with Gasteiger partial charge < -0.3 is 10.1 Å². The number of benzene rings is 1. The first-order valence-corrected chi connectivity index (χ1v) is 7.89. The zero-order chi connectivity index (χ0) is 17.4. The lowest BCUT2D eigenvalue weighted by Gasteiger charge is -2.26. The van der Waals surface area contributed by atoms with Crippen molar-refractivity contribution in [1.29, 1.82) is 0 Å². The summed E-state index contributed by atoms with van der Waals surface area (Å²) in [5.41, 5.74) is -0.769. The maximum atomic E-state index is 12.9. The molecule has 0 atom stereocenters. The molecule has 0 radical (unpaired) electrons. The lowest BCUT2D eigenvalue weighted by atomic mass is 10.1. The van der Waals surface area contributed by atoms with Gasteiger partial charge in [-0.3, -0.25) is 9.69 Å². The van der Waals surface area contributed by atoms with Crippen molar-refractivity contribution in [3.05, 3.63) is 41.5 Å². The van der Waals surface area contributed by atoms with Crippen LogP contribution in [0, 0.1) is 0 Å². The highest BCUT2D eigenvalue weighted by Crippen LogP contribution is 2.32. The monoisotopic (exact) mass is 378 g/mol. The molecule has 0 bridgehead atoms. The van der Waals surface area contributed by atoms with E-state index in [4.69, 9.17) is 4.74 Å². The van der Waals surface area contributed by atoms with Crippen LogP contribution in [0.4, 0.5) is 13.2 Å². The van der Waals surface area contributed by atoms with Gasteiger partial charge in [0.2, 0.25) is 5.91 Å². The average molecular weight is 379 g/mol. The maximum absolute atomic E-state index is 12.9. The van der Waals surface area contributed by atoms with E-state index in [1.165, 1.54) is 24.3 Å². The number of alkyl halides is 3. The number of ether oxygens (including phenoxy) is 1. The van der Waals surface area contributed by atoms with Gasteiger partial charge in [-0.25, -0.2) is 0 Å². The SMILES string of the molecule is Cl.O=C(/C=C/c1ccccc1C(F)(F)F)NCCCN1CCOCC1. The number of amides is 1. The molecule has 25 heavy (non-hydrogen) atoms. The lowest BCUT2D eigenvalue weighted by Crippen LogP contribution is -2.38. The molecule has 4 nitrogen and oxygen atoms in total. The lowest BCUT2D eigenvalue weighted by molar-refractivity contribution is -0.137. The summed E-state index contributed by atoms with van der Waals surface area (Å²) in [5, 5.41) is 2.69. The molecule has 1 aromatic carbocycles. The Bertz CT molecular complexity index is 573. The first-order valence-electron chi connectivity index (χ1n) is 7.89. The van der Waals surface area contributed by atoms with Crippen LogP contribution in [0.15, 0.2) is 30.3 Å². The summed E-state index contributed by atoms with van der Waals surface area (Å²) >= 11 is 0. The normalized spacial score (nSPS) is 15.8. The summed E-state index contributed by atoms with van der Waals surface area (Å²) in [6.07, 6.45) is -1.31. The molecular weight excluding hydrogens is 357 g/mol. The highest BCUT2D eigenvalue weighted by atomic mass is 35.5. The van der Waals surface area contributed by atoms with E-state index in [1.54, 1.807) is 0 Å². The molecule has 0 unspecified atom stereocenters. The van der Waals surface area contributed by atoms with Crippen molar-refractivity contribution in [2.45, 2.75) is 12.6 Å². The van der Waals surface area contributed by atoms with Crippen molar-refractivity contribution < 1.29 is 22.7 Å². The van der Waals surface area contributed by atoms with Crippen molar-refractivity contribution in [3.8, 4) is 0 Å². The Morgan fingerprint density at radius 3 is 2.60 bits per heavy atom. The van der Waals surface area contributed by atoms with Crippen LogP contribution in [-0.2, 0) is 15.7 Å². The predicted molar refractivity (Wildman–Crippen MR) is 92.6 cm³/mol. The number of carbonyl (C=O) groups is 1. The second kappa shape index (κ2) is 10.4. The molecule has 140 valence electrons. The van der Waals surface area contributed by atoms with E-state index in [-0.39, 0.29) is 18.0 Å². The second-order valence-corrected chi connectivity index (χ2v) is 5.52. The van der Waals surface area contributed by atoms with Gasteiger partial charge in [-0.05, 0) is 30.7 Å². The first-order chi connectivity index (χ1) is 11.5. The number of nitrogens with one attached hydrogen (secondary N) is 1. The molecule has 1 fully saturated rings. The second-order valence-electron chi connectivity index (χ2n) is 5.52. The molecule has 0 aromatic heterocycles. The molecule has 0 aliphatic carbocycles. The van der Waals surface area contributed by atoms with E-state index in [2.05, 4.69) is 10.2 Å². The Kier molecular flexibility index (Phi) is 8.96. The van der Waals surface area contributed by atoms with Crippen molar-refractivity contribution in [3.63, 3.8) is 0 Å². The summed E-state index contributed by atoms with van der Waals surface area (Å²) in [6, 6.07) is 5.17. The molecule has 1 aliphatic rings.